The van der Waals surface area contributed by atoms with Crippen molar-refractivity contribution in [2.24, 2.45) is 11.5 Å². The topological polar surface area (TPSA) is 151 Å². The number of nitrogens with zero attached hydrogens (tertiary/aromatic N) is 3. The summed E-state index contributed by atoms with van der Waals surface area (Å²) in [5.41, 5.74) is 15.6. The number of primary amides is 1. The monoisotopic (exact) mass is 595 g/mol. The SMILES string of the molecule is COC(=O)c1ccn(CCCC(C(N)=O)N(C(=O)C(c2ccccc2)c2ccccc2)C(=O)[C@@H](N)Cc2cccc(C)c2)n1. The summed E-state index contributed by atoms with van der Waals surface area (Å²) in [7, 11) is 1.27. The Bertz CT molecular complexity index is 1550. The lowest BCUT2D eigenvalue weighted by Gasteiger charge is -2.33. The quantitative estimate of drug-likeness (QED) is 0.225. The van der Waals surface area contributed by atoms with Crippen LogP contribution in [0.2, 0.25) is 0 Å². The molecule has 4 aromatic rings. The van der Waals surface area contributed by atoms with Crippen LogP contribution in [-0.4, -0.2) is 57.6 Å². The van der Waals surface area contributed by atoms with Crippen molar-refractivity contribution in [2.45, 2.75) is 50.7 Å². The summed E-state index contributed by atoms with van der Waals surface area (Å²) in [6.07, 6.45) is 2.16. The normalized spacial score (nSPS) is 12.4. The first-order valence-corrected chi connectivity index (χ1v) is 14.4. The molecule has 0 fully saturated rings. The number of aromatic nitrogens is 2. The lowest BCUT2D eigenvalue weighted by molar-refractivity contribution is -0.153. The zero-order chi connectivity index (χ0) is 31.6. The highest BCUT2D eigenvalue weighted by Crippen LogP contribution is 2.29. The number of rotatable bonds is 13. The molecular weight excluding hydrogens is 558 g/mol. The van der Waals surface area contributed by atoms with Crippen LogP contribution in [0.3, 0.4) is 0 Å². The molecule has 0 saturated carbocycles. The Hall–Kier alpha value is -5.09. The molecule has 1 heterocycles. The van der Waals surface area contributed by atoms with E-state index in [0.29, 0.717) is 24.1 Å². The van der Waals surface area contributed by atoms with Crippen molar-refractivity contribution in [3.8, 4) is 0 Å². The maximum Gasteiger partial charge on any atom is 0.358 e. The summed E-state index contributed by atoms with van der Waals surface area (Å²) in [5, 5.41) is 4.19. The average molecular weight is 596 g/mol. The number of benzene rings is 3. The molecule has 1 unspecified atom stereocenters. The fraction of sp³-hybridized carbons (Fsp3) is 0.265. The van der Waals surface area contributed by atoms with Crippen LogP contribution in [0, 0.1) is 6.92 Å². The molecule has 0 aliphatic rings. The van der Waals surface area contributed by atoms with E-state index in [1.165, 1.54) is 17.9 Å². The number of carbonyl (C=O) groups excluding carboxylic acids is 4. The summed E-state index contributed by atoms with van der Waals surface area (Å²) in [5.74, 6) is -3.57. The number of methoxy groups -OCH3 is 1. The first kappa shape index (κ1) is 31.8. The van der Waals surface area contributed by atoms with E-state index in [1.807, 2.05) is 67.6 Å². The molecule has 0 aliphatic heterocycles. The van der Waals surface area contributed by atoms with E-state index < -0.39 is 41.7 Å². The van der Waals surface area contributed by atoms with Gasteiger partial charge in [0, 0.05) is 12.7 Å². The number of amides is 3. The molecule has 10 heteroatoms. The van der Waals surface area contributed by atoms with Crippen LogP contribution in [0.4, 0.5) is 0 Å². The number of hydrogen-bond acceptors (Lipinski definition) is 7. The summed E-state index contributed by atoms with van der Waals surface area (Å²) in [4.78, 5) is 54.5. The first-order valence-electron chi connectivity index (χ1n) is 14.4. The lowest BCUT2D eigenvalue weighted by Crippen LogP contribution is -2.57. The third-order valence-corrected chi connectivity index (χ3v) is 7.38. The Morgan fingerprint density at radius 1 is 0.886 bits per heavy atom. The van der Waals surface area contributed by atoms with E-state index in [9.17, 15) is 19.2 Å². The summed E-state index contributed by atoms with van der Waals surface area (Å²) >= 11 is 0. The molecule has 0 bridgehead atoms. The van der Waals surface area contributed by atoms with Gasteiger partial charge in [0.1, 0.15) is 6.04 Å². The van der Waals surface area contributed by atoms with E-state index in [-0.39, 0.29) is 18.5 Å². The zero-order valence-corrected chi connectivity index (χ0v) is 24.8. The van der Waals surface area contributed by atoms with Crippen molar-refractivity contribution in [1.82, 2.24) is 14.7 Å². The molecule has 3 amide bonds. The van der Waals surface area contributed by atoms with Gasteiger partial charge in [0.05, 0.1) is 19.1 Å². The molecule has 44 heavy (non-hydrogen) atoms. The van der Waals surface area contributed by atoms with Crippen LogP contribution in [0.5, 0.6) is 0 Å². The molecular formula is C34H37N5O5. The van der Waals surface area contributed by atoms with Crippen LogP contribution < -0.4 is 11.5 Å². The maximum absolute atomic E-state index is 14.6. The Labute approximate surface area is 256 Å². The Balaban J connectivity index is 1.68. The molecule has 0 saturated heterocycles. The molecule has 0 spiro atoms. The van der Waals surface area contributed by atoms with E-state index in [2.05, 4.69) is 5.10 Å². The van der Waals surface area contributed by atoms with E-state index in [0.717, 1.165) is 16.0 Å². The molecule has 2 atom stereocenters. The number of ether oxygens (including phenoxy) is 1. The van der Waals surface area contributed by atoms with Gasteiger partial charge in [0.2, 0.25) is 17.7 Å². The van der Waals surface area contributed by atoms with E-state index in [4.69, 9.17) is 16.2 Å². The molecule has 3 aromatic carbocycles. The zero-order valence-electron chi connectivity index (χ0n) is 24.8. The van der Waals surface area contributed by atoms with Crippen LogP contribution >= 0.6 is 0 Å². The molecule has 228 valence electrons. The van der Waals surface area contributed by atoms with Crippen molar-refractivity contribution < 1.29 is 23.9 Å². The smallest absolute Gasteiger partial charge is 0.358 e. The van der Waals surface area contributed by atoms with Gasteiger partial charge in [-0.25, -0.2) is 4.79 Å². The van der Waals surface area contributed by atoms with Crippen molar-refractivity contribution in [3.05, 3.63) is 125 Å². The summed E-state index contributed by atoms with van der Waals surface area (Å²) < 4.78 is 6.23. The van der Waals surface area contributed by atoms with Gasteiger partial charge in [-0.15, -0.1) is 0 Å². The third-order valence-electron chi connectivity index (χ3n) is 7.38. The minimum Gasteiger partial charge on any atom is -0.464 e. The van der Waals surface area contributed by atoms with Gasteiger partial charge in [0.25, 0.3) is 0 Å². The predicted octanol–water partition coefficient (Wildman–Crippen LogP) is 3.37. The second-order valence-corrected chi connectivity index (χ2v) is 10.6. The molecule has 1 aromatic heterocycles. The average Bonchev–Trinajstić information content (AvgIpc) is 3.50. The van der Waals surface area contributed by atoms with Gasteiger partial charge in [-0.1, -0.05) is 90.5 Å². The Morgan fingerprint density at radius 3 is 2.09 bits per heavy atom. The molecule has 0 radical (unpaired) electrons. The van der Waals surface area contributed by atoms with Crippen LogP contribution in [0.25, 0.3) is 0 Å². The number of carbonyl (C=O) groups is 4. The van der Waals surface area contributed by atoms with Crippen molar-refractivity contribution >= 4 is 23.7 Å². The predicted molar refractivity (Wildman–Crippen MR) is 165 cm³/mol. The van der Waals surface area contributed by atoms with Crippen molar-refractivity contribution in [2.75, 3.05) is 7.11 Å². The van der Waals surface area contributed by atoms with Gasteiger partial charge in [0.15, 0.2) is 5.69 Å². The van der Waals surface area contributed by atoms with Crippen LogP contribution in [-0.2, 0) is 32.1 Å². The second kappa shape index (κ2) is 14.9. The lowest BCUT2D eigenvalue weighted by atomic mass is 9.88. The van der Waals surface area contributed by atoms with E-state index in [1.54, 1.807) is 30.5 Å². The molecule has 4 N–H and O–H groups in total. The third kappa shape index (κ3) is 7.84. The number of aryl methyl sites for hydroxylation is 2. The first-order chi connectivity index (χ1) is 21.2. The molecule has 0 aliphatic carbocycles. The van der Waals surface area contributed by atoms with Crippen molar-refractivity contribution in [1.29, 1.82) is 0 Å². The number of hydrogen-bond donors (Lipinski definition) is 2. The Kier molecular flexibility index (Phi) is 10.8. The van der Waals surface area contributed by atoms with Gasteiger partial charge in [-0.2, -0.15) is 5.10 Å². The van der Waals surface area contributed by atoms with Crippen molar-refractivity contribution in [3.63, 3.8) is 0 Å². The van der Waals surface area contributed by atoms with Gasteiger partial charge < -0.3 is 16.2 Å². The maximum atomic E-state index is 14.6. The van der Waals surface area contributed by atoms with Crippen LogP contribution in [0.15, 0.2) is 97.2 Å². The van der Waals surface area contributed by atoms with Gasteiger partial charge >= 0.3 is 5.97 Å². The highest BCUT2D eigenvalue weighted by Gasteiger charge is 2.40. The minimum atomic E-state index is -1.27. The summed E-state index contributed by atoms with van der Waals surface area (Å²) in [6.45, 7) is 2.24. The minimum absolute atomic E-state index is 0.0632. The fourth-order valence-electron chi connectivity index (χ4n) is 5.23. The Morgan fingerprint density at radius 2 is 1.52 bits per heavy atom. The highest BCUT2D eigenvalue weighted by molar-refractivity contribution is 6.05. The number of imide groups is 1. The summed E-state index contributed by atoms with van der Waals surface area (Å²) in [6, 6.07) is 24.9. The highest BCUT2D eigenvalue weighted by atomic mass is 16.5. The number of esters is 1. The van der Waals surface area contributed by atoms with Gasteiger partial charge in [-0.3, -0.25) is 24.0 Å². The number of nitrogens with two attached hydrogens (primary N) is 2. The fourth-order valence-corrected chi connectivity index (χ4v) is 5.23. The second-order valence-electron chi connectivity index (χ2n) is 10.6. The molecule has 10 nitrogen and oxygen atoms in total. The molecule has 4 rings (SSSR count). The standard InChI is InChI=1S/C34H37N5O5/c1-23-11-9-12-24(21-23)22-27(35)32(41)39(29(31(36)40)17-10-19-38-20-18-28(37-38)34(43)44-2)33(42)30(25-13-5-3-6-14-25)26-15-7-4-8-16-26/h3-9,11-16,18,20-21,27,29-30H,10,17,19,22,35H2,1-2H3,(H2,36,40)/t27-,29?/m0/s1. The van der Waals surface area contributed by atoms with Crippen LogP contribution in [0.1, 0.15) is 51.5 Å². The largest absolute Gasteiger partial charge is 0.464 e. The van der Waals surface area contributed by atoms with Gasteiger partial charge in [-0.05, 0) is 48.9 Å². The van der Waals surface area contributed by atoms with E-state index >= 15 is 0 Å².